The molecule has 17 heavy (non-hydrogen) atoms. The molecule has 12 nitrogen and oxygen atoms in total. The molecule has 0 saturated carbocycles. The Bertz CT molecular complexity index is 296. The van der Waals surface area contributed by atoms with Crippen molar-refractivity contribution in [1.82, 2.24) is 0 Å². The Morgan fingerprint density at radius 1 is 0.706 bits per heavy atom. The Morgan fingerprint density at radius 3 is 0.706 bits per heavy atom. The number of rotatable bonds is 0. The first kappa shape index (κ1) is 31.4. The molecular formula is H2MgNb2O12Ta2. The van der Waals surface area contributed by atoms with Crippen LogP contribution in [0.4, 0.5) is 0 Å². The van der Waals surface area contributed by atoms with E-state index in [1.54, 1.807) is 0 Å². The van der Waals surface area contributed by atoms with Gasteiger partial charge in [0.05, 0.1) is 0 Å². The van der Waals surface area contributed by atoms with E-state index in [0.29, 0.717) is 0 Å². The second-order valence-electron chi connectivity index (χ2n) is 0.923. The van der Waals surface area contributed by atoms with Gasteiger partial charge in [0, 0.05) is 0 Å². The van der Waals surface area contributed by atoms with Crippen LogP contribution in [0.15, 0.2) is 0 Å². The van der Waals surface area contributed by atoms with Crippen LogP contribution in [0, 0.1) is 0 Å². The van der Waals surface area contributed by atoms with Crippen LogP contribution in [0.3, 0.4) is 0 Å². The predicted octanol–water partition coefficient (Wildman–Crippen LogP) is -4.83. The van der Waals surface area contributed by atoms with Gasteiger partial charge in [-0.25, -0.2) is 0 Å². The summed E-state index contributed by atoms with van der Waals surface area (Å²) in [7, 11) is 0. The first-order chi connectivity index (χ1) is 6.93. The van der Waals surface area contributed by atoms with Crippen molar-refractivity contribution in [3.05, 3.63) is 0 Å². The first-order valence-corrected chi connectivity index (χ1v) is 15.7. The molecule has 17 heteroatoms. The van der Waals surface area contributed by atoms with E-state index >= 15 is 0 Å². The van der Waals surface area contributed by atoms with Gasteiger partial charge in [0.15, 0.2) is 0 Å². The first-order valence-electron chi connectivity index (χ1n) is 2.23. The third kappa shape index (κ3) is 1180. The van der Waals surface area contributed by atoms with E-state index in [9.17, 15) is 0 Å². The topological polar surface area (TPSA) is 223 Å². The van der Waals surface area contributed by atoms with Crippen LogP contribution >= 0.6 is 0 Å². The molecule has 0 aromatic heterocycles. The van der Waals surface area contributed by atoms with Crippen LogP contribution in [-0.4, -0.2) is 30.3 Å². The van der Waals surface area contributed by atoms with Crippen LogP contribution in [0.2, 0.25) is 0 Å². The van der Waals surface area contributed by atoms with Crippen LogP contribution in [0.5, 0.6) is 0 Å². The van der Waals surface area contributed by atoms with Gasteiger partial charge in [0.2, 0.25) is 0 Å². The van der Waals surface area contributed by atoms with Gasteiger partial charge in [-0.05, 0) is 0 Å². The van der Waals surface area contributed by atoms with Crippen molar-refractivity contribution >= 4 is 23.1 Å². The van der Waals surface area contributed by atoms with Crippen LogP contribution in [0.25, 0.3) is 0 Å². The monoisotopic (exact) mass is 766 g/mol. The van der Waals surface area contributed by atoms with Crippen molar-refractivity contribution in [1.29, 1.82) is 0 Å². The molecule has 96 valence electrons. The van der Waals surface area contributed by atoms with E-state index in [1.165, 1.54) is 0 Å². The van der Waals surface area contributed by atoms with E-state index in [0.717, 1.165) is 0 Å². The molecule has 0 aliphatic carbocycles. The van der Waals surface area contributed by atoms with E-state index in [2.05, 4.69) is 0 Å². The second kappa shape index (κ2) is 26.5. The van der Waals surface area contributed by atoms with E-state index in [4.69, 9.17) is 40.5 Å². The maximum absolute atomic E-state index is 8.71. The third-order valence-corrected chi connectivity index (χ3v) is 0. The van der Waals surface area contributed by atoms with Crippen molar-refractivity contribution in [3.63, 3.8) is 0 Å². The number of hydrogen-bond acceptors (Lipinski definition) is 10. The van der Waals surface area contributed by atoms with Gasteiger partial charge in [-0.15, -0.1) is 0 Å². The zero-order valence-electron chi connectivity index (χ0n) is 7.47. The molecule has 0 aliphatic rings. The van der Waals surface area contributed by atoms with Crippen molar-refractivity contribution < 1.29 is 116 Å². The molecule has 0 atom stereocenters. The molecule has 0 heterocycles. The molecule has 0 unspecified atom stereocenters. The molecule has 0 rings (SSSR count). The Balaban J connectivity index is -0.0000000369. The summed E-state index contributed by atoms with van der Waals surface area (Å²) in [5.41, 5.74) is 0. The molecule has 0 saturated heterocycles. The Kier molecular flexibility index (Phi) is 49.0. The van der Waals surface area contributed by atoms with Gasteiger partial charge in [0.25, 0.3) is 0 Å². The van der Waals surface area contributed by atoms with Crippen LogP contribution in [-0.2, 0) is 101 Å². The van der Waals surface area contributed by atoms with Crippen molar-refractivity contribution in [2.24, 2.45) is 0 Å². The van der Waals surface area contributed by atoms with Gasteiger partial charge in [-0.1, -0.05) is 0 Å². The molecule has 0 spiro atoms. The molecule has 0 radical (unpaired) electrons. The average molecular weight is 766 g/mol. The van der Waals surface area contributed by atoms with Crippen LogP contribution < -0.4 is 7.23 Å². The molecule has 0 bridgehead atoms. The SMILES string of the molecule is [Mg+2].[O]=[Nb](=[O])[OH].[O]=[Nb](=[O])[OH].[O]=[Ta](=[O])[O-].[O]=[Ta](=[O])[O-]. The van der Waals surface area contributed by atoms with E-state index in [1.807, 2.05) is 0 Å². The van der Waals surface area contributed by atoms with Gasteiger partial charge in [-0.3, -0.25) is 0 Å². The summed E-state index contributed by atoms with van der Waals surface area (Å²) < 4.78 is 101. The molecule has 0 aromatic carbocycles. The summed E-state index contributed by atoms with van der Waals surface area (Å²) in [4.78, 5) is 0. The van der Waals surface area contributed by atoms with Gasteiger partial charge >= 0.3 is 139 Å². The maximum atomic E-state index is 8.71. The summed E-state index contributed by atoms with van der Waals surface area (Å²) in [6, 6.07) is 0. The van der Waals surface area contributed by atoms with Gasteiger partial charge < -0.3 is 0 Å². The number of hydrogen-bond donors (Lipinski definition) is 2. The van der Waals surface area contributed by atoms with E-state index < -0.39 is 75.1 Å². The normalized spacial score (nSPS) is 5.88. The summed E-state index contributed by atoms with van der Waals surface area (Å²) in [6.07, 6.45) is 0. The molecule has 2 N–H and O–H groups in total. The van der Waals surface area contributed by atoms with Gasteiger partial charge in [0.1, 0.15) is 0 Å². The quantitative estimate of drug-likeness (QED) is 0.222. The zero-order chi connectivity index (χ0) is 14.3. The average Bonchev–Trinajstić information content (AvgIpc) is 1.76. The minimum absolute atomic E-state index is 0. The van der Waals surface area contributed by atoms with Gasteiger partial charge in [-0.2, -0.15) is 0 Å². The zero-order valence-corrected chi connectivity index (χ0v) is 19.7. The fourth-order valence-electron chi connectivity index (χ4n) is 0. The fourth-order valence-corrected chi connectivity index (χ4v) is 0. The molecule has 0 amide bonds. The predicted molar refractivity (Wildman–Crippen MR) is 15.7 cm³/mol. The summed E-state index contributed by atoms with van der Waals surface area (Å²) >= 11 is -16.6. The Morgan fingerprint density at radius 2 is 0.706 bits per heavy atom. The van der Waals surface area contributed by atoms with Crippen LogP contribution in [0.1, 0.15) is 0 Å². The minimum atomic E-state index is -4.34. The van der Waals surface area contributed by atoms with Crippen molar-refractivity contribution in [2.75, 3.05) is 0 Å². The Hall–Kier alpha value is 1.97. The third-order valence-electron chi connectivity index (χ3n) is 0. The molecule has 0 aliphatic heterocycles. The summed E-state index contributed by atoms with van der Waals surface area (Å²) in [6.45, 7) is 0. The Labute approximate surface area is 136 Å². The molecule has 0 aromatic rings. The fraction of sp³-hybridized carbons (Fsp3) is 0. The summed E-state index contributed by atoms with van der Waals surface area (Å²) in [5, 5.41) is 0. The second-order valence-corrected chi connectivity index (χ2v) is 6.47. The molecule has 0 fully saturated rings. The summed E-state index contributed by atoms with van der Waals surface area (Å²) in [5.74, 6) is 0. The van der Waals surface area contributed by atoms with E-state index in [-0.39, 0.29) is 23.1 Å². The standard InChI is InChI=1S/Mg.2Nb.2H2O.10O.2Ta/h;;;2*1H2;;;;;;;;;;;;/q+2;2*+1;;;;;;;;;;;2*-1;;/p-2. The van der Waals surface area contributed by atoms with Crippen molar-refractivity contribution in [3.8, 4) is 0 Å². The molecular weight excluding hydrogens is 764 g/mol. The van der Waals surface area contributed by atoms with Crippen molar-refractivity contribution in [2.45, 2.75) is 0 Å².